The van der Waals surface area contributed by atoms with Crippen LogP contribution in [0, 0.1) is 5.92 Å². The van der Waals surface area contributed by atoms with Crippen LogP contribution in [-0.2, 0) is 0 Å². The molecule has 0 amide bonds. The summed E-state index contributed by atoms with van der Waals surface area (Å²) in [7, 11) is 0. The first kappa shape index (κ1) is 13.0. The van der Waals surface area contributed by atoms with E-state index in [1.165, 1.54) is 0 Å². The highest BCUT2D eigenvalue weighted by molar-refractivity contribution is 5.20. The van der Waals surface area contributed by atoms with Crippen LogP contribution in [0.4, 0.5) is 0 Å². The van der Waals surface area contributed by atoms with E-state index in [9.17, 15) is 0 Å². The van der Waals surface area contributed by atoms with Crippen LogP contribution in [0.15, 0.2) is 30.3 Å². The number of hydrogen-bond acceptors (Lipinski definition) is 3. The van der Waals surface area contributed by atoms with Crippen LogP contribution in [-0.4, -0.2) is 19.7 Å². The fraction of sp³-hybridized carbons (Fsp3) is 0.538. The first-order chi connectivity index (χ1) is 7.86. The Hall–Kier alpha value is -1.06. The fourth-order valence-corrected chi connectivity index (χ4v) is 1.57. The van der Waals surface area contributed by atoms with Crippen molar-refractivity contribution in [2.45, 2.75) is 19.3 Å². The second-order valence-corrected chi connectivity index (χ2v) is 3.99. The molecule has 0 aliphatic carbocycles. The van der Waals surface area contributed by atoms with Crippen molar-refractivity contribution in [1.29, 1.82) is 0 Å². The number of unbranched alkanes of at least 4 members (excludes halogenated alkanes) is 1. The molecule has 0 fully saturated rings. The van der Waals surface area contributed by atoms with Crippen molar-refractivity contribution in [2.75, 3.05) is 19.7 Å². The number of hydrogen-bond donors (Lipinski definition) is 2. The quantitative estimate of drug-likeness (QED) is 0.659. The highest BCUT2D eigenvalue weighted by Crippen LogP contribution is 2.10. The summed E-state index contributed by atoms with van der Waals surface area (Å²) >= 11 is 0. The van der Waals surface area contributed by atoms with Gasteiger partial charge in [0.15, 0.2) is 0 Å². The van der Waals surface area contributed by atoms with Crippen LogP contribution in [0.5, 0.6) is 5.75 Å². The van der Waals surface area contributed by atoms with Crippen molar-refractivity contribution in [3.63, 3.8) is 0 Å². The summed E-state index contributed by atoms with van der Waals surface area (Å²) in [6.45, 7) is 2.15. The van der Waals surface area contributed by atoms with Crippen molar-refractivity contribution in [2.24, 2.45) is 17.4 Å². The molecule has 0 saturated heterocycles. The molecule has 3 heteroatoms. The van der Waals surface area contributed by atoms with E-state index in [-0.39, 0.29) is 0 Å². The minimum absolute atomic E-state index is 0.469. The molecule has 0 bridgehead atoms. The molecule has 0 aliphatic rings. The summed E-state index contributed by atoms with van der Waals surface area (Å²) in [4.78, 5) is 0. The third kappa shape index (κ3) is 5.14. The molecule has 0 saturated carbocycles. The molecular weight excluding hydrogens is 200 g/mol. The second kappa shape index (κ2) is 8.13. The van der Waals surface area contributed by atoms with Gasteiger partial charge < -0.3 is 16.2 Å². The third-order valence-electron chi connectivity index (χ3n) is 2.69. The Balaban J connectivity index is 2.04. The SMILES string of the molecule is NCC(CN)CCCCOc1ccccc1. The van der Waals surface area contributed by atoms with Gasteiger partial charge in [-0.1, -0.05) is 18.2 Å². The monoisotopic (exact) mass is 222 g/mol. The zero-order chi connectivity index (χ0) is 11.6. The molecule has 90 valence electrons. The molecule has 4 N–H and O–H groups in total. The van der Waals surface area contributed by atoms with Gasteiger partial charge in [-0.2, -0.15) is 0 Å². The van der Waals surface area contributed by atoms with Crippen LogP contribution in [0.2, 0.25) is 0 Å². The maximum Gasteiger partial charge on any atom is 0.119 e. The molecule has 0 unspecified atom stereocenters. The molecule has 16 heavy (non-hydrogen) atoms. The zero-order valence-corrected chi connectivity index (χ0v) is 9.77. The van der Waals surface area contributed by atoms with Gasteiger partial charge in [0.25, 0.3) is 0 Å². The van der Waals surface area contributed by atoms with Crippen LogP contribution < -0.4 is 16.2 Å². The first-order valence-corrected chi connectivity index (χ1v) is 5.94. The predicted molar refractivity (Wildman–Crippen MR) is 67.4 cm³/mol. The fourth-order valence-electron chi connectivity index (χ4n) is 1.57. The van der Waals surface area contributed by atoms with Crippen LogP contribution >= 0.6 is 0 Å². The topological polar surface area (TPSA) is 61.3 Å². The molecule has 0 heterocycles. The molecule has 0 aliphatic heterocycles. The maximum absolute atomic E-state index is 5.59. The Morgan fingerprint density at radius 2 is 1.69 bits per heavy atom. The minimum Gasteiger partial charge on any atom is -0.494 e. The lowest BCUT2D eigenvalue weighted by Gasteiger charge is -2.11. The molecular formula is C13H22N2O. The molecule has 0 aromatic heterocycles. The van der Waals surface area contributed by atoms with E-state index in [1.807, 2.05) is 30.3 Å². The van der Waals surface area contributed by atoms with Crippen molar-refractivity contribution >= 4 is 0 Å². The van der Waals surface area contributed by atoms with Gasteiger partial charge in [0, 0.05) is 0 Å². The Kier molecular flexibility index (Phi) is 6.61. The van der Waals surface area contributed by atoms with Crippen molar-refractivity contribution < 1.29 is 4.74 Å². The van der Waals surface area contributed by atoms with Crippen molar-refractivity contribution in [1.82, 2.24) is 0 Å². The average molecular weight is 222 g/mol. The number of benzene rings is 1. The third-order valence-corrected chi connectivity index (χ3v) is 2.69. The van der Waals surface area contributed by atoms with Crippen molar-refractivity contribution in [3.05, 3.63) is 30.3 Å². The van der Waals surface area contributed by atoms with Crippen LogP contribution in [0.25, 0.3) is 0 Å². The van der Waals surface area contributed by atoms with Gasteiger partial charge in [-0.25, -0.2) is 0 Å². The highest BCUT2D eigenvalue weighted by Gasteiger charge is 2.03. The van der Waals surface area contributed by atoms with E-state index in [1.54, 1.807) is 0 Å². The van der Waals surface area contributed by atoms with Gasteiger partial charge in [-0.3, -0.25) is 0 Å². The maximum atomic E-state index is 5.59. The molecule has 0 atom stereocenters. The van der Waals surface area contributed by atoms with E-state index in [0.29, 0.717) is 19.0 Å². The molecule has 1 rings (SSSR count). The van der Waals surface area contributed by atoms with E-state index in [2.05, 4.69) is 0 Å². The Morgan fingerprint density at radius 1 is 1.00 bits per heavy atom. The van der Waals surface area contributed by atoms with Gasteiger partial charge in [-0.15, -0.1) is 0 Å². The number of nitrogens with two attached hydrogens (primary N) is 2. The summed E-state index contributed by atoms with van der Waals surface area (Å²) in [5.74, 6) is 1.41. The summed E-state index contributed by atoms with van der Waals surface area (Å²) in [6, 6.07) is 9.90. The van der Waals surface area contributed by atoms with Gasteiger partial charge in [0.05, 0.1) is 6.61 Å². The first-order valence-electron chi connectivity index (χ1n) is 5.94. The normalized spacial score (nSPS) is 10.7. The Bertz CT molecular complexity index is 260. The van der Waals surface area contributed by atoms with E-state index in [0.717, 1.165) is 31.6 Å². The highest BCUT2D eigenvalue weighted by atomic mass is 16.5. The van der Waals surface area contributed by atoms with E-state index >= 15 is 0 Å². The van der Waals surface area contributed by atoms with E-state index < -0.39 is 0 Å². The second-order valence-electron chi connectivity index (χ2n) is 3.99. The molecule has 0 spiro atoms. The summed E-state index contributed by atoms with van der Waals surface area (Å²) in [5.41, 5.74) is 11.2. The summed E-state index contributed by atoms with van der Waals surface area (Å²) in [6.07, 6.45) is 3.29. The number of rotatable bonds is 8. The summed E-state index contributed by atoms with van der Waals surface area (Å²) < 4.78 is 5.59. The molecule has 3 nitrogen and oxygen atoms in total. The van der Waals surface area contributed by atoms with Crippen molar-refractivity contribution in [3.8, 4) is 5.75 Å². The summed E-state index contributed by atoms with van der Waals surface area (Å²) in [5, 5.41) is 0. The Labute approximate surface area is 97.8 Å². The predicted octanol–water partition coefficient (Wildman–Crippen LogP) is 1.77. The number of para-hydroxylation sites is 1. The van der Waals surface area contributed by atoms with Crippen LogP contribution in [0.3, 0.4) is 0 Å². The standard InChI is InChI=1S/C13H22N2O/c14-10-12(11-15)6-4-5-9-16-13-7-2-1-3-8-13/h1-3,7-8,12H,4-6,9-11,14-15H2. The van der Waals surface area contributed by atoms with E-state index in [4.69, 9.17) is 16.2 Å². The van der Waals surface area contributed by atoms with Crippen LogP contribution in [0.1, 0.15) is 19.3 Å². The lowest BCUT2D eigenvalue weighted by Crippen LogP contribution is -2.23. The van der Waals surface area contributed by atoms with Gasteiger partial charge >= 0.3 is 0 Å². The largest absolute Gasteiger partial charge is 0.494 e. The lowest BCUT2D eigenvalue weighted by atomic mass is 10.0. The van der Waals surface area contributed by atoms with Gasteiger partial charge in [0.2, 0.25) is 0 Å². The molecule has 1 aromatic carbocycles. The Morgan fingerprint density at radius 3 is 2.31 bits per heavy atom. The lowest BCUT2D eigenvalue weighted by molar-refractivity contribution is 0.299. The number of ether oxygens (including phenoxy) is 1. The average Bonchev–Trinajstić information content (AvgIpc) is 2.35. The van der Waals surface area contributed by atoms with Gasteiger partial charge in [0.1, 0.15) is 5.75 Å². The molecule has 0 radical (unpaired) electrons. The molecule has 1 aromatic rings. The van der Waals surface area contributed by atoms with Gasteiger partial charge in [-0.05, 0) is 50.4 Å². The minimum atomic E-state index is 0.469. The smallest absolute Gasteiger partial charge is 0.119 e. The zero-order valence-electron chi connectivity index (χ0n) is 9.77.